The van der Waals surface area contributed by atoms with Gasteiger partial charge in [-0.25, -0.2) is 0 Å². The van der Waals surface area contributed by atoms with Crippen LogP contribution in [0.2, 0.25) is 0 Å². The quantitative estimate of drug-likeness (QED) is 0.857. The van der Waals surface area contributed by atoms with Gasteiger partial charge < -0.3 is 15.4 Å². The van der Waals surface area contributed by atoms with Gasteiger partial charge in [0.25, 0.3) is 5.91 Å². The van der Waals surface area contributed by atoms with Crippen molar-refractivity contribution in [2.45, 2.75) is 20.3 Å². The van der Waals surface area contributed by atoms with Crippen LogP contribution in [0.15, 0.2) is 42.5 Å². The van der Waals surface area contributed by atoms with E-state index in [2.05, 4.69) is 10.6 Å². The second-order valence-electron chi connectivity index (χ2n) is 5.50. The Balaban J connectivity index is 1.86. The molecule has 0 spiro atoms. The van der Waals surface area contributed by atoms with E-state index in [1.807, 2.05) is 32.0 Å². The minimum atomic E-state index is -0.257. The van der Waals surface area contributed by atoms with Gasteiger partial charge in [-0.1, -0.05) is 24.3 Å². The van der Waals surface area contributed by atoms with Crippen molar-refractivity contribution in [1.82, 2.24) is 5.32 Å². The monoisotopic (exact) mass is 326 g/mol. The van der Waals surface area contributed by atoms with Crippen molar-refractivity contribution < 1.29 is 14.3 Å². The first-order valence-corrected chi connectivity index (χ1v) is 7.80. The van der Waals surface area contributed by atoms with E-state index in [-0.39, 0.29) is 24.8 Å². The van der Waals surface area contributed by atoms with Gasteiger partial charge in [0.15, 0.2) is 0 Å². The molecule has 0 fully saturated rings. The maximum absolute atomic E-state index is 12.1. The number of para-hydroxylation sites is 1. The fourth-order valence-electron chi connectivity index (χ4n) is 2.32. The second kappa shape index (κ2) is 8.15. The van der Waals surface area contributed by atoms with Crippen LogP contribution in [0.5, 0.6) is 5.75 Å². The molecular formula is C19H22N2O3. The van der Waals surface area contributed by atoms with E-state index in [9.17, 15) is 9.59 Å². The van der Waals surface area contributed by atoms with Crippen LogP contribution in [0.1, 0.15) is 27.9 Å². The summed E-state index contributed by atoms with van der Waals surface area (Å²) in [6.07, 6.45) is 0.203. The Morgan fingerprint density at radius 3 is 2.54 bits per heavy atom. The third kappa shape index (κ3) is 4.35. The Bertz CT molecular complexity index is 741. The summed E-state index contributed by atoms with van der Waals surface area (Å²) in [6.45, 7) is 4.22. The van der Waals surface area contributed by atoms with Crippen molar-refractivity contribution in [3.8, 4) is 5.75 Å². The summed E-state index contributed by atoms with van der Waals surface area (Å²) in [5.41, 5.74) is 3.42. The summed E-state index contributed by atoms with van der Waals surface area (Å²) < 4.78 is 5.16. The number of carbonyl (C=O) groups excluding carboxylic acids is 2. The summed E-state index contributed by atoms with van der Waals surface area (Å²) in [4.78, 5) is 24.2. The molecule has 2 aromatic carbocycles. The zero-order valence-corrected chi connectivity index (χ0v) is 14.2. The van der Waals surface area contributed by atoms with E-state index in [0.29, 0.717) is 11.3 Å². The van der Waals surface area contributed by atoms with Gasteiger partial charge in [-0.15, -0.1) is 0 Å². The number of anilines is 1. The van der Waals surface area contributed by atoms with Gasteiger partial charge in [0, 0.05) is 18.7 Å². The number of aryl methyl sites for hydroxylation is 1. The zero-order chi connectivity index (χ0) is 17.5. The largest absolute Gasteiger partial charge is 0.496 e. The summed E-state index contributed by atoms with van der Waals surface area (Å²) in [6, 6.07) is 12.7. The van der Waals surface area contributed by atoms with Gasteiger partial charge in [-0.3, -0.25) is 9.59 Å². The summed E-state index contributed by atoms with van der Waals surface area (Å²) in [5, 5.41) is 5.61. The lowest BCUT2D eigenvalue weighted by atomic mass is 10.1. The van der Waals surface area contributed by atoms with Gasteiger partial charge in [-0.05, 0) is 43.2 Å². The predicted molar refractivity (Wildman–Crippen MR) is 94.5 cm³/mol. The number of rotatable bonds is 6. The first-order chi connectivity index (χ1) is 11.5. The molecule has 2 amide bonds. The fourth-order valence-corrected chi connectivity index (χ4v) is 2.32. The van der Waals surface area contributed by atoms with E-state index < -0.39 is 0 Å². The van der Waals surface area contributed by atoms with Crippen molar-refractivity contribution in [2.75, 3.05) is 19.0 Å². The van der Waals surface area contributed by atoms with Gasteiger partial charge in [0.1, 0.15) is 5.75 Å². The molecule has 0 saturated carbocycles. The number of carbonyl (C=O) groups is 2. The summed E-state index contributed by atoms with van der Waals surface area (Å²) in [5.74, 6) is 0.117. The lowest BCUT2D eigenvalue weighted by Gasteiger charge is -2.11. The molecule has 2 aromatic rings. The molecule has 0 aliphatic rings. The van der Waals surface area contributed by atoms with E-state index in [4.69, 9.17) is 4.74 Å². The van der Waals surface area contributed by atoms with Gasteiger partial charge in [0.05, 0.1) is 12.7 Å². The minimum Gasteiger partial charge on any atom is -0.496 e. The first-order valence-electron chi connectivity index (χ1n) is 7.80. The number of amides is 2. The van der Waals surface area contributed by atoms with E-state index in [1.165, 1.54) is 7.11 Å². The Labute approximate surface area is 142 Å². The molecule has 0 heterocycles. The Kier molecular flexibility index (Phi) is 5.95. The Morgan fingerprint density at radius 2 is 1.79 bits per heavy atom. The Hall–Kier alpha value is -2.82. The lowest BCUT2D eigenvalue weighted by Crippen LogP contribution is -2.28. The standard InChI is InChI=1S/C19H22N2O3/c1-13-7-6-9-16(14(13)2)21-18(22)11-12-20-19(23)15-8-4-5-10-17(15)24-3/h4-10H,11-12H2,1-3H3,(H,20,23)(H,21,22). The molecule has 5 nitrogen and oxygen atoms in total. The lowest BCUT2D eigenvalue weighted by molar-refractivity contribution is -0.116. The Morgan fingerprint density at radius 1 is 1.04 bits per heavy atom. The van der Waals surface area contributed by atoms with Gasteiger partial charge in [0.2, 0.25) is 5.91 Å². The van der Waals surface area contributed by atoms with Crippen LogP contribution in [-0.2, 0) is 4.79 Å². The van der Waals surface area contributed by atoms with Gasteiger partial charge in [-0.2, -0.15) is 0 Å². The van der Waals surface area contributed by atoms with E-state index in [1.54, 1.807) is 24.3 Å². The molecule has 0 saturated heterocycles. The molecule has 2 N–H and O–H groups in total. The second-order valence-corrected chi connectivity index (χ2v) is 5.50. The van der Waals surface area contributed by atoms with Crippen LogP contribution >= 0.6 is 0 Å². The number of benzene rings is 2. The smallest absolute Gasteiger partial charge is 0.255 e. The van der Waals surface area contributed by atoms with E-state index >= 15 is 0 Å². The van der Waals surface area contributed by atoms with Crippen molar-refractivity contribution in [3.63, 3.8) is 0 Å². The molecular weight excluding hydrogens is 304 g/mol. The van der Waals surface area contributed by atoms with Crippen molar-refractivity contribution in [2.24, 2.45) is 0 Å². The van der Waals surface area contributed by atoms with Crippen molar-refractivity contribution in [1.29, 1.82) is 0 Å². The maximum Gasteiger partial charge on any atom is 0.255 e. The average Bonchev–Trinajstić information content (AvgIpc) is 2.58. The number of nitrogens with one attached hydrogen (secondary N) is 2. The molecule has 0 aromatic heterocycles. The van der Waals surface area contributed by atoms with Crippen LogP contribution in [0.4, 0.5) is 5.69 Å². The number of ether oxygens (including phenoxy) is 1. The molecule has 0 aliphatic heterocycles. The van der Waals surface area contributed by atoms with Crippen LogP contribution in [-0.4, -0.2) is 25.5 Å². The third-order valence-electron chi connectivity index (χ3n) is 3.87. The predicted octanol–water partition coefficient (Wildman–Crippen LogP) is 3.07. The molecule has 0 atom stereocenters. The molecule has 24 heavy (non-hydrogen) atoms. The number of hydrogen-bond donors (Lipinski definition) is 2. The molecule has 0 unspecified atom stereocenters. The molecule has 0 aliphatic carbocycles. The van der Waals surface area contributed by atoms with Crippen LogP contribution < -0.4 is 15.4 Å². The normalized spacial score (nSPS) is 10.1. The van der Waals surface area contributed by atoms with Crippen molar-refractivity contribution >= 4 is 17.5 Å². The van der Waals surface area contributed by atoms with Crippen LogP contribution in [0.25, 0.3) is 0 Å². The highest BCUT2D eigenvalue weighted by molar-refractivity contribution is 5.97. The topological polar surface area (TPSA) is 67.4 Å². The molecule has 5 heteroatoms. The summed E-state index contributed by atoms with van der Waals surface area (Å²) >= 11 is 0. The molecule has 126 valence electrons. The zero-order valence-electron chi connectivity index (χ0n) is 14.2. The highest BCUT2D eigenvalue weighted by atomic mass is 16.5. The van der Waals surface area contributed by atoms with Crippen LogP contribution in [0, 0.1) is 13.8 Å². The highest BCUT2D eigenvalue weighted by Crippen LogP contribution is 2.18. The van der Waals surface area contributed by atoms with Gasteiger partial charge >= 0.3 is 0 Å². The molecule has 0 bridgehead atoms. The highest BCUT2D eigenvalue weighted by Gasteiger charge is 2.12. The average molecular weight is 326 g/mol. The fraction of sp³-hybridized carbons (Fsp3) is 0.263. The van der Waals surface area contributed by atoms with Crippen molar-refractivity contribution in [3.05, 3.63) is 59.2 Å². The SMILES string of the molecule is COc1ccccc1C(=O)NCCC(=O)Nc1cccc(C)c1C. The minimum absolute atomic E-state index is 0.135. The molecule has 2 rings (SSSR count). The number of methoxy groups -OCH3 is 1. The van der Waals surface area contributed by atoms with E-state index in [0.717, 1.165) is 16.8 Å². The summed E-state index contributed by atoms with van der Waals surface area (Å²) in [7, 11) is 1.52. The molecule has 0 radical (unpaired) electrons. The first kappa shape index (κ1) is 17.5. The maximum atomic E-state index is 12.1. The number of hydrogen-bond acceptors (Lipinski definition) is 3. The van der Waals surface area contributed by atoms with Crippen LogP contribution in [0.3, 0.4) is 0 Å². The third-order valence-corrected chi connectivity index (χ3v) is 3.87.